The van der Waals surface area contributed by atoms with Crippen molar-refractivity contribution < 1.29 is 4.79 Å². The van der Waals surface area contributed by atoms with Crippen LogP contribution < -0.4 is 0 Å². The lowest BCUT2D eigenvalue weighted by Crippen LogP contribution is -2.34. The van der Waals surface area contributed by atoms with Crippen molar-refractivity contribution in [3.8, 4) is 0 Å². The fraction of sp³-hybridized carbons (Fsp3) is 0.812. The Balaban J connectivity index is 2.50. The van der Waals surface area contributed by atoms with Crippen LogP contribution in [-0.2, 0) is 4.79 Å². The molecule has 0 unspecified atom stereocenters. The maximum atomic E-state index is 12.1. The number of hydrogen-bond acceptors (Lipinski definition) is 2. The fourth-order valence-corrected chi connectivity index (χ4v) is 2.68. The Kier molecular flexibility index (Phi) is 7.80. The number of amides is 1. The molecule has 0 aromatic carbocycles. The molecule has 0 N–H and O–H groups in total. The Bertz CT molecular complexity index is 295. The molecule has 0 aromatic rings. The molecule has 1 amide bonds. The van der Waals surface area contributed by atoms with Crippen LogP contribution in [0.3, 0.4) is 0 Å². The maximum Gasteiger partial charge on any atom is 0.226 e. The molecule has 1 aliphatic rings. The highest BCUT2D eigenvalue weighted by molar-refractivity contribution is 5.77. The number of nitrogens with zero attached hydrogens (tertiary/aromatic N) is 2. The summed E-state index contributed by atoms with van der Waals surface area (Å²) in [5.41, 5.74) is 1.28. The summed E-state index contributed by atoms with van der Waals surface area (Å²) in [6.45, 7) is 10.5. The minimum atomic E-state index is 0.285. The fourth-order valence-electron chi connectivity index (χ4n) is 2.68. The minimum Gasteiger partial charge on any atom is -0.316 e. The van der Waals surface area contributed by atoms with Gasteiger partial charge in [-0.05, 0) is 51.7 Å². The predicted octanol–water partition coefficient (Wildman–Crippen LogP) is 3.41. The molecule has 0 spiro atoms. The van der Waals surface area contributed by atoms with Crippen molar-refractivity contribution in [3.63, 3.8) is 0 Å². The van der Waals surface area contributed by atoms with Gasteiger partial charge in [0.1, 0.15) is 0 Å². The van der Waals surface area contributed by atoms with E-state index in [-0.39, 0.29) is 5.91 Å². The Morgan fingerprint density at radius 2 is 1.89 bits per heavy atom. The van der Waals surface area contributed by atoms with Crippen LogP contribution >= 0.6 is 0 Å². The van der Waals surface area contributed by atoms with Crippen LogP contribution in [0.5, 0.6) is 0 Å². The van der Waals surface area contributed by atoms with E-state index < -0.39 is 0 Å². The monoisotopic (exact) mass is 266 g/mol. The zero-order chi connectivity index (χ0) is 14.1. The summed E-state index contributed by atoms with van der Waals surface area (Å²) in [6.07, 6.45) is 8.68. The van der Waals surface area contributed by atoms with Crippen LogP contribution in [0.1, 0.15) is 59.3 Å². The summed E-state index contributed by atoms with van der Waals surface area (Å²) in [7, 11) is 0. The smallest absolute Gasteiger partial charge is 0.226 e. The summed E-state index contributed by atoms with van der Waals surface area (Å²) < 4.78 is 0. The molecule has 1 aliphatic carbocycles. The first-order valence-electron chi connectivity index (χ1n) is 7.94. The first-order valence-corrected chi connectivity index (χ1v) is 7.94. The van der Waals surface area contributed by atoms with Gasteiger partial charge in [0.15, 0.2) is 0 Å². The maximum absolute atomic E-state index is 12.1. The Morgan fingerprint density at radius 1 is 1.16 bits per heavy atom. The molecule has 0 aliphatic heterocycles. The highest BCUT2D eigenvalue weighted by Crippen LogP contribution is 2.21. The molecule has 0 bridgehead atoms. The topological polar surface area (TPSA) is 23.6 Å². The number of carbonyl (C=O) groups excluding carboxylic acids is 1. The molecular formula is C16H30N2O. The molecule has 0 aromatic heterocycles. The molecule has 0 atom stereocenters. The van der Waals surface area contributed by atoms with Crippen LogP contribution in [0.4, 0.5) is 0 Å². The quantitative estimate of drug-likeness (QED) is 0.672. The van der Waals surface area contributed by atoms with Gasteiger partial charge in [-0.3, -0.25) is 4.79 Å². The minimum absolute atomic E-state index is 0.285. The second kappa shape index (κ2) is 9.13. The second-order valence-corrected chi connectivity index (χ2v) is 5.22. The average molecular weight is 266 g/mol. The van der Waals surface area contributed by atoms with Gasteiger partial charge < -0.3 is 9.80 Å². The Labute approximate surface area is 118 Å². The highest BCUT2D eigenvalue weighted by Gasteiger charge is 2.17. The third kappa shape index (κ3) is 5.35. The van der Waals surface area contributed by atoms with E-state index in [9.17, 15) is 4.79 Å². The van der Waals surface area contributed by atoms with Crippen molar-refractivity contribution >= 4 is 5.91 Å². The summed E-state index contributed by atoms with van der Waals surface area (Å²) in [6, 6.07) is 0. The molecule has 3 nitrogen and oxygen atoms in total. The Morgan fingerprint density at radius 3 is 2.42 bits per heavy atom. The third-order valence-electron chi connectivity index (χ3n) is 3.97. The number of rotatable bonds is 8. The molecule has 0 heterocycles. The van der Waals surface area contributed by atoms with Gasteiger partial charge in [0.05, 0.1) is 0 Å². The lowest BCUT2D eigenvalue weighted by molar-refractivity contribution is -0.129. The van der Waals surface area contributed by atoms with Gasteiger partial charge in [-0.1, -0.05) is 26.8 Å². The Hall–Kier alpha value is -0.830. The molecule has 0 radical (unpaired) electrons. The molecular weight excluding hydrogens is 236 g/mol. The zero-order valence-electron chi connectivity index (χ0n) is 13.0. The van der Waals surface area contributed by atoms with E-state index in [1.54, 1.807) is 0 Å². The van der Waals surface area contributed by atoms with Gasteiger partial charge >= 0.3 is 0 Å². The molecule has 0 saturated carbocycles. The van der Waals surface area contributed by atoms with Crippen molar-refractivity contribution in [2.75, 3.05) is 26.2 Å². The van der Waals surface area contributed by atoms with Gasteiger partial charge in [-0.15, -0.1) is 0 Å². The van der Waals surface area contributed by atoms with Gasteiger partial charge in [-0.25, -0.2) is 0 Å². The van der Waals surface area contributed by atoms with E-state index in [0.717, 1.165) is 45.4 Å². The van der Waals surface area contributed by atoms with Gasteiger partial charge in [0, 0.05) is 18.7 Å². The van der Waals surface area contributed by atoms with Gasteiger partial charge in [0.25, 0.3) is 0 Å². The summed E-state index contributed by atoms with van der Waals surface area (Å²) in [5.74, 6) is 0.285. The molecule has 19 heavy (non-hydrogen) atoms. The first kappa shape index (κ1) is 16.2. The predicted molar refractivity (Wildman–Crippen MR) is 81.0 cm³/mol. The summed E-state index contributed by atoms with van der Waals surface area (Å²) >= 11 is 0. The normalized spacial score (nSPS) is 15.5. The van der Waals surface area contributed by atoms with Crippen LogP contribution in [0.25, 0.3) is 0 Å². The SMILES string of the molecule is CCC(=O)N(CCCN(CC)CC)C1=CCCCC1. The zero-order valence-corrected chi connectivity index (χ0v) is 13.0. The number of carbonyl (C=O) groups is 1. The van der Waals surface area contributed by atoms with Gasteiger partial charge in [0.2, 0.25) is 5.91 Å². The largest absolute Gasteiger partial charge is 0.316 e. The molecule has 3 heteroatoms. The second-order valence-electron chi connectivity index (χ2n) is 5.22. The number of allylic oxidation sites excluding steroid dienone is 2. The highest BCUT2D eigenvalue weighted by atomic mass is 16.2. The summed E-state index contributed by atoms with van der Waals surface area (Å²) in [5, 5.41) is 0. The van der Waals surface area contributed by atoms with Crippen molar-refractivity contribution in [2.45, 2.75) is 59.3 Å². The van der Waals surface area contributed by atoms with Crippen molar-refractivity contribution in [1.29, 1.82) is 0 Å². The van der Waals surface area contributed by atoms with Crippen molar-refractivity contribution in [1.82, 2.24) is 9.80 Å². The number of hydrogen-bond donors (Lipinski definition) is 0. The van der Waals surface area contributed by atoms with Crippen LogP contribution in [-0.4, -0.2) is 41.9 Å². The molecule has 110 valence electrons. The van der Waals surface area contributed by atoms with Crippen molar-refractivity contribution in [2.24, 2.45) is 0 Å². The first-order chi connectivity index (χ1) is 9.22. The van der Waals surface area contributed by atoms with E-state index in [1.165, 1.54) is 18.5 Å². The molecule has 0 fully saturated rings. The van der Waals surface area contributed by atoms with E-state index in [4.69, 9.17) is 0 Å². The van der Waals surface area contributed by atoms with Crippen LogP contribution in [0, 0.1) is 0 Å². The van der Waals surface area contributed by atoms with Crippen LogP contribution in [0.15, 0.2) is 11.8 Å². The average Bonchev–Trinajstić information content (AvgIpc) is 2.48. The standard InChI is InChI=1S/C16H30N2O/c1-4-16(19)18(15-11-8-7-9-12-15)14-10-13-17(5-2)6-3/h11H,4-10,12-14H2,1-3H3. The van der Waals surface area contributed by atoms with E-state index >= 15 is 0 Å². The lowest BCUT2D eigenvalue weighted by Gasteiger charge is -2.28. The molecule has 0 saturated heterocycles. The third-order valence-corrected chi connectivity index (χ3v) is 3.97. The molecule has 1 rings (SSSR count). The summed E-state index contributed by atoms with van der Waals surface area (Å²) in [4.78, 5) is 16.6. The van der Waals surface area contributed by atoms with Gasteiger partial charge in [-0.2, -0.15) is 0 Å². The van der Waals surface area contributed by atoms with Crippen molar-refractivity contribution in [3.05, 3.63) is 11.8 Å². The van der Waals surface area contributed by atoms with E-state index in [1.807, 2.05) is 11.8 Å². The van der Waals surface area contributed by atoms with E-state index in [0.29, 0.717) is 6.42 Å². The van der Waals surface area contributed by atoms with Crippen LogP contribution in [0.2, 0.25) is 0 Å². The van der Waals surface area contributed by atoms with E-state index in [2.05, 4.69) is 24.8 Å². The lowest BCUT2D eigenvalue weighted by atomic mass is 10.0.